The van der Waals surface area contributed by atoms with Gasteiger partial charge >= 0.3 is 0 Å². The van der Waals surface area contributed by atoms with E-state index in [9.17, 15) is 13.2 Å². The van der Waals surface area contributed by atoms with Crippen molar-refractivity contribution in [2.45, 2.75) is 43.4 Å². The third kappa shape index (κ3) is 5.12. The largest absolute Gasteiger partial charge is 0.495 e. The number of sulfonamides is 1. The van der Waals surface area contributed by atoms with Crippen molar-refractivity contribution >= 4 is 33.0 Å². The fraction of sp³-hybridized carbons (Fsp3) is 0.450. The van der Waals surface area contributed by atoms with Gasteiger partial charge in [0.05, 0.1) is 17.7 Å². The lowest BCUT2D eigenvalue weighted by atomic mass is 10.2. The number of benzene rings is 1. The molecule has 3 rings (SSSR count). The van der Waals surface area contributed by atoms with Gasteiger partial charge in [-0.15, -0.1) is 11.3 Å². The maximum Gasteiger partial charge on any atom is 0.243 e. The van der Waals surface area contributed by atoms with Gasteiger partial charge in [0.2, 0.25) is 15.9 Å². The summed E-state index contributed by atoms with van der Waals surface area (Å²) in [6.07, 6.45) is 4.84. The zero-order valence-corrected chi connectivity index (χ0v) is 17.7. The van der Waals surface area contributed by atoms with Gasteiger partial charge in [-0.2, -0.15) is 4.31 Å². The Morgan fingerprint density at radius 2 is 1.93 bits per heavy atom. The first-order valence-electron chi connectivity index (χ1n) is 9.51. The Balaban J connectivity index is 1.76. The molecule has 0 unspecified atom stereocenters. The molecule has 0 atom stereocenters. The molecule has 6 nitrogen and oxygen atoms in total. The summed E-state index contributed by atoms with van der Waals surface area (Å²) in [5.74, 6) is 0.273. The average Bonchev–Trinajstić information content (AvgIpc) is 3.05. The van der Waals surface area contributed by atoms with Crippen LogP contribution in [0.2, 0.25) is 0 Å². The number of ether oxygens (including phenoxy) is 1. The van der Waals surface area contributed by atoms with Gasteiger partial charge in [-0.25, -0.2) is 8.42 Å². The van der Waals surface area contributed by atoms with Crippen LogP contribution in [0.3, 0.4) is 0 Å². The van der Waals surface area contributed by atoms with Crippen LogP contribution in [0, 0.1) is 0 Å². The summed E-state index contributed by atoms with van der Waals surface area (Å²) in [4.78, 5) is 13.7. The van der Waals surface area contributed by atoms with Gasteiger partial charge in [-0.1, -0.05) is 18.9 Å². The van der Waals surface area contributed by atoms with E-state index in [1.807, 2.05) is 17.5 Å². The SMILES string of the molecule is COc1ccc(S(=O)(=O)N2CCCCCC2)cc1NC(=O)CCc1cccs1. The zero-order chi connectivity index (χ0) is 20.0. The molecule has 1 aliphatic rings. The van der Waals surface area contributed by atoms with Gasteiger partial charge in [0.15, 0.2) is 0 Å². The van der Waals surface area contributed by atoms with Crippen LogP contribution in [-0.4, -0.2) is 38.8 Å². The number of rotatable bonds is 7. The molecule has 0 saturated carbocycles. The fourth-order valence-electron chi connectivity index (χ4n) is 3.28. The van der Waals surface area contributed by atoms with Gasteiger partial charge in [0.1, 0.15) is 5.75 Å². The molecular formula is C20H26N2O4S2. The van der Waals surface area contributed by atoms with Gasteiger partial charge in [0.25, 0.3) is 0 Å². The van der Waals surface area contributed by atoms with Gasteiger partial charge < -0.3 is 10.1 Å². The summed E-state index contributed by atoms with van der Waals surface area (Å²) in [5, 5.41) is 4.79. The van der Waals surface area contributed by atoms with E-state index in [1.54, 1.807) is 27.8 Å². The van der Waals surface area contributed by atoms with E-state index in [1.165, 1.54) is 13.2 Å². The molecule has 2 aromatic rings. The van der Waals surface area contributed by atoms with E-state index in [0.29, 0.717) is 37.4 Å². The number of hydrogen-bond donors (Lipinski definition) is 1. The number of thiophene rings is 1. The molecule has 1 aliphatic heterocycles. The molecular weight excluding hydrogens is 396 g/mol. The average molecular weight is 423 g/mol. The van der Waals surface area contributed by atoms with E-state index < -0.39 is 10.0 Å². The van der Waals surface area contributed by atoms with Crippen LogP contribution >= 0.6 is 11.3 Å². The molecule has 1 fully saturated rings. The van der Waals surface area contributed by atoms with Crippen molar-refractivity contribution in [2.75, 3.05) is 25.5 Å². The van der Waals surface area contributed by atoms with Crippen molar-refractivity contribution in [1.29, 1.82) is 0 Å². The third-order valence-electron chi connectivity index (χ3n) is 4.83. The Morgan fingerprint density at radius 3 is 2.57 bits per heavy atom. The number of hydrogen-bond acceptors (Lipinski definition) is 5. The van der Waals surface area contributed by atoms with Crippen LogP contribution in [0.4, 0.5) is 5.69 Å². The summed E-state index contributed by atoms with van der Waals surface area (Å²) in [7, 11) is -2.09. The maximum absolute atomic E-state index is 13.0. The van der Waals surface area contributed by atoms with Crippen LogP contribution in [0.1, 0.15) is 37.0 Å². The van der Waals surface area contributed by atoms with Crippen molar-refractivity contribution in [3.05, 3.63) is 40.6 Å². The van der Waals surface area contributed by atoms with Gasteiger partial charge in [-0.3, -0.25) is 4.79 Å². The highest BCUT2D eigenvalue weighted by atomic mass is 32.2. The minimum absolute atomic E-state index is 0.170. The van der Waals surface area contributed by atoms with Gasteiger partial charge in [0, 0.05) is 24.4 Å². The van der Waals surface area contributed by atoms with Crippen molar-refractivity contribution in [3.63, 3.8) is 0 Å². The van der Waals surface area contributed by atoms with E-state index in [4.69, 9.17) is 4.74 Å². The van der Waals surface area contributed by atoms with Crippen LogP contribution in [-0.2, 0) is 21.2 Å². The molecule has 1 aromatic heterocycles. The summed E-state index contributed by atoms with van der Waals surface area (Å²) >= 11 is 1.61. The molecule has 0 spiro atoms. The van der Waals surface area contributed by atoms with Crippen LogP contribution in [0.25, 0.3) is 0 Å². The van der Waals surface area contributed by atoms with Crippen molar-refractivity contribution in [3.8, 4) is 5.75 Å². The van der Waals surface area contributed by atoms with Crippen molar-refractivity contribution < 1.29 is 17.9 Å². The maximum atomic E-state index is 13.0. The predicted molar refractivity (Wildman–Crippen MR) is 111 cm³/mol. The second kappa shape index (κ2) is 9.54. The van der Waals surface area contributed by atoms with Crippen LogP contribution < -0.4 is 10.1 Å². The van der Waals surface area contributed by atoms with Crippen molar-refractivity contribution in [1.82, 2.24) is 4.31 Å². The summed E-state index contributed by atoms with van der Waals surface area (Å²) in [6.45, 7) is 1.08. The second-order valence-electron chi connectivity index (χ2n) is 6.81. The summed E-state index contributed by atoms with van der Waals surface area (Å²) in [5.41, 5.74) is 0.384. The number of methoxy groups -OCH3 is 1. The first-order chi connectivity index (χ1) is 13.5. The molecule has 28 heavy (non-hydrogen) atoms. The molecule has 0 radical (unpaired) electrons. The smallest absolute Gasteiger partial charge is 0.243 e. The standard InChI is InChI=1S/C20H26N2O4S2/c1-26-19-10-9-17(28(24,25)22-12-4-2-3-5-13-22)15-18(19)21-20(23)11-8-16-7-6-14-27-16/h6-7,9-10,14-15H,2-5,8,11-13H2,1H3,(H,21,23). The first kappa shape index (κ1) is 20.8. The Hall–Kier alpha value is -1.90. The third-order valence-corrected chi connectivity index (χ3v) is 7.66. The quantitative estimate of drug-likeness (QED) is 0.734. The molecule has 1 saturated heterocycles. The predicted octanol–water partition coefficient (Wildman–Crippen LogP) is 3.89. The van der Waals surface area contributed by atoms with Crippen LogP contribution in [0.15, 0.2) is 40.6 Å². The number of amides is 1. The minimum Gasteiger partial charge on any atom is -0.495 e. The molecule has 1 N–H and O–H groups in total. The molecule has 0 bridgehead atoms. The highest BCUT2D eigenvalue weighted by Gasteiger charge is 2.26. The van der Waals surface area contributed by atoms with Gasteiger partial charge in [-0.05, 0) is 48.9 Å². The number of anilines is 1. The minimum atomic E-state index is -3.59. The molecule has 152 valence electrons. The lowest BCUT2D eigenvalue weighted by molar-refractivity contribution is -0.116. The normalized spacial score (nSPS) is 15.8. The number of carbonyl (C=O) groups excluding carboxylic acids is 1. The van der Waals surface area contributed by atoms with E-state index in [2.05, 4.69) is 5.32 Å². The first-order valence-corrected chi connectivity index (χ1v) is 11.8. The lowest BCUT2D eigenvalue weighted by Crippen LogP contribution is -2.32. The monoisotopic (exact) mass is 422 g/mol. The Labute approximate surface area is 170 Å². The number of aryl methyl sites for hydroxylation is 1. The highest BCUT2D eigenvalue weighted by molar-refractivity contribution is 7.89. The number of carbonyl (C=O) groups is 1. The van der Waals surface area contributed by atoms with Crippen molar-refractivity contribution in [2.24, 2.45) is 0 Å². The molecule has 1 amide bonds. The highest BCUT2D eigenvalue weighted by Crippen LogP contribution is 2.30. The topological polar surface area (TPSA) is 75.7 Å². The summed E-state index contributed by atoms with van der Waals surface area (Å²) < 4.78 is 32.9. The molecule has 8 heteroatoms. The van der Waals surface area contributed by atoms with E-state index in [-0.39, 0.29) is 10.8 Å². The number of nitrogens with zero attached hydrogens (tertiary/aromatic N) is 1. The Bertz CT molecular complexity index is 887. The van der Waals surface area contributed by atoms with E-state index >= 15 is 0 Å². The molecule has 0 aliphatic carbocycles. The summed E-state index contributed by atoms with van der Waals surface area (Å²) in [6, 6.07) is 8.59. The second-order valence-corrected chi connectivity index (χ2v) is 9.78. The van der Waals surface area contributed by atoms with E-state index in [0.717, 1.165) is 30.6 Å². The zero-order valence-electron chi connectivity index (χ0n) is 16.0. The molecule has 2 heterocycles. The Kier molecular flexibility index (Phi) is 7.09. The lowest BCUT2D eigenvalue weighted by Gasteiger charge is -2.21. The molecule has 1 aromatic carbocycles. The number of nitrogens with one attached hydrogen (secondary N) is 1. The fourth-order valence-corrected chi connectivity index (χ4v) is 5.53. The van der Waals surface area contributed by atoms with Crippen LogP contribution in [0.5, 0.6) is 5.75 Å². The Morgan fingerprint density at radius 1 is 1.18 bits per heavy atom.